The highest BCUT2D eigenvalue weighted by molar-refractivity contribution is 5.87. The Morgan fingerprint density at radius 3 is 2.78 bits per heavy atom. The summed E-state index contributed by atoms with van der Waals surface area (Å²) in [5.41, 5.74) is 0.700. The summed E-state index contributed by atoms with van der Waals surface area (Å²) in [6, 6.07) is 5.97. The van der Waals surface area contributed by atoms with Gasteiger partial charge in [-0.25, -0.2) is 0 Å². The van der Waals surface area contributed by atoms with Gasteiger partial charge in [-0.05, 0) is 37.6 Å². The van der Waals surface area contributed by atoms with Crippen LogP contribution in [0.5, 0.6) is 5.75 Å². The fraction of sp³-hybridized carbons (Fsp3) is 0.308. The molecule has 0 radical (unpaired) electrons. The van der Waals surface area contributed by atoms with E-state index in [1.54, 1.807) is 32.1 Å². The summed E-state index contributed by atoms with van der Waals surface area (Å²) in [6.07, 6.45) is 3.02. The highest BCUT2D eigenvalue weighted by Crippen LogP contribution is 2.20. The van der Waals surface area contributed by atoms with Gasteiger partial charge in [0.25, 0.3) is 0 Å². The average Bonchev–Trinajstić information content (AvgIpc) is 2.28. The predicted octanol–water partition coefficient (Wildman–Crippen LogP) is 3.04. The quantitative estimate of drug-likeness (QED) is 0.821. The first kappa shape index (κ1) is 14.2. The zero-order valence-electron chi connectivity index (χ0n) is 10.2. The van der Waals surface area contributed by atoms with Crippen molar-refractivity contribution in [1.29, 1.82) is 0 Å². The second-order valence-corrected chi connectivity index (χ2v) is 3.68. The van der Waals surface area contributed by atoms with Gasteiger partial charge in [0.1, 0.15) is 5.75 Å². The van der Waals surface area contributed by atoms with E-state index in [9.17, 15) is 13.6 Å². The van der Waals surface area contributed by atoms with E-state index in [-0.39, 0.29) is 17.7 Å². The number of ether oxygens (including phenoxy) is 1. The lowest BCUT2D eigenvalue weighted by Gasteiger charge is -2.14. The molecule has 0 heterocycles. The molecule has 0 aromatic heterocycles. The second-order valence-electron chi connectivity index (χ2n) is 3.68. The molecule has 0 saturated heterocycles. The molecule has 1 atom stereocenters. The van der Waals surface area contributed by atoms with Gasteiger partial charge in [-0.2, -0.15) is 8.78 Å². The van der Waals surface area contributed by atoms with Crippen LogP contribution in [0.15, 0.2) is 36.4 Å². The number of hydrogen-bond acceptors (Lipinski definition) is 2. The lowest BCUT2D eigenvalue weighted by atomic mass is 10.1. The Bertz CT molecular complexity index is 433. The first-order valence-electron chi connectivity index (χ1n) is 5.51. The van der Waals surface area contributed by atoms with Crippen LogP contribution in [-0.2, 0) is 4.79 Å². The van der Waals surface area contributed by atoms with E-state index >= 15 is 0 Å². The average molecular weight is 255 g/mol. The minimum Gasteiger partial charge on any atom is -0.435 e. The van der Waals surface area contributed by atoms with Gasteiger partial charge in [0.15, 0.2) is 0 Å². The van der Waals surface area contributed by atoms with Gasteiger partial charge in [-0.3, -0.25) is 4.79 Å². The van der Waals surface area contributed by atoms with Crippen molar-refractivity contribution in [1.82, 2.24) is 5.32 Å². The number of amides is 1. The molecular formula is C13H15F2NO2. The van der Waals surface area contributed by atoms with Crippen molar-refractivity contribution in [3.8, 4) is 5.75 Å². The highest BCUT2D eigenvalue weighted by Gasteiger charge is 2.10. The molecule has 1 aromatic carbocycles. The molecule has 0 bridgehead atoms. The highest BCUT2D eigenvalue weighted by atomic mass is 19.3. The number of halogens is 2. The van der Waals surface area contributed by atoms with Crippen molar-refractivity contribution >= 4 is 5.91 Å². The summed E-state index contributed by atoms with van der Waals surface area (Å²) in [6.45, 7) is 0.651. The topological polar surface area (TPSA) is 38.3 Å². The van der Waals surface area contributed by atoms with E-state index < -0.39 is 6.61 Å². The van der Waals surface area contributed by atoms with Gasteiger partial charge in [-0.15, -0.1) is 0 Å². The SMILES string of the molecule is CC=CC(=O)NC(C)c1cccc(OC(F)F)c1. The molecular weight excluding hydrogens is 240 g/mol. The van der Waals surface area contributed by atoms with E-state index in [1.165, 1.54) is 18.2 Å². The minimum atomic E-state index is -2.85. The number of allylic oxidation sites excluding steroid dienone is 1. The second kappa shape index (κ2) is 6.74. The molecule has 5 heteroatoms. The van der Waals surface area contributed by atoms with Gasteiger partial charge < -0.3 is 10.1 Å². The van der Waals surface area contributed by atoms with E-state index in [0.29, 0.717) is 5.56 Å². The van der Waals surface area contributed by atoms with Gasteiger partial charge in [0, 0.05) is 0 Å². The van der Waals surface area contributed by atoms with Crippen LogP contribution in [0.3, 0.4) is 0 Å². The van der Waals surface area contributed by atoms with E-state index in [2.05, 4.69) is 10.1 Å². The summed E-state index contributed by atoms with van der Waals surface area (Å²) >= 11 is 0. The molecule has 3 nitrogen and oxygen atoms in total. The standard InChI is InChI=1S/C13H15F2NO2/c1-3-5-12(17)16-9(2)10-6-4-7-11(8-10)18-13(14)15/h3-9,13H,1-2H3,(H,16,17). The molecule has 0 aliphatic carbocycles. The molecule has 1 N–H and O–H groups in total. The number of alkyl halides is 2. The molecule has 1 aromatic rings. The lowest BCUT2D eigenvalue weighted by Crippen LogP contribution is -2.24. The Labute approximate surface area is 104 Å². The third kappa shape index (κ3) is 4.53. The summed E-state index contributed by atoms with van der Waals surface area (Å²) in [5, 5.41) is 2.71. The molecule has 0 aliphatic heterocycles. The van der Waals surface area contributed by atoms with Crippen molar-refractivity contribution in [2.24, 2.45) is 0 Å². The van der Waals surface area contributed by atoms with Crippen LogP contribution in [0.25, 0.3) is 0 Å². The number of hydrogen-bond donors (Lipinski definition) is 1. The number of benzene rings is 1. The largest absolute Gasteiger partial charge is 0.435 e. The van der Waals surface area contributed by atoms with Crippen molar-refractivity contribution in [2.75, 3.05) is 0 Å². The summed E-state index contributed by atoms with van der Waals surface area (Å²) in [7, 11) is 0. The summed E-state index contributed by atoms with van der Waals surface area (Å²) < 4.78 is 28.4. The van der Waals surface area contributed by atoms with Crippen molar-refractivity contribution < 1.29 is 18.3 Å². The summed E-state index contributed by atoms with van der Waals surface area (Å²) in [4.78, 5) is 11.3. The van der Waals surface area contributed by atoms with E-state index in [0.717, 1.165) is 0 Å². The molecule has 0 saturated carbocycles. The number of nitrogens with one attached hydrogen (secondary N) is 1. The van der Waals surface area contributed by atoms with E-state index in [1.807, 2.05) is 0 Å². The van der Waals surface area contributed by atoms with Crippen LogP contribution >= 0.6 is 0 Å². The van der Waals surface area contributed by atoms with Crippen LogP contribution in [0, 0.1) is 0 Å². The first-order chi connectivity index (χ1) is 8.52. The molecule has 98 valence electrons. The van der Waals surface area contributed by atoms with Crippen LogP contribution in [0.2, 0.25) is 0 Å². The Kier molecular flexibility index (Phi) is 5.30. The molecule has 18 heavy (non-hydrogen) atoms. The maximum Gasteiger partial charge on any atom is 0.387 e. The van der Waals surface area contributed by atoms with Gasteiger partial charge in [0.2, 0.25) is 5.91 Å². The third-order valence-corrected chi connectivity index (χ3v) is 2.26. The fourth-order valence-electron chi connectivity index (χ4n) is 1.46. The zero-order chi connectivity index (χ0) is 13.5. The molecule has 1 rings (SSSR count). The number of carbonyl (C=O) groups is 1. The van der Waals surface area contributed by atoms with Gasteiger partial charge in [-0.1, -0.05) is 18.2 Å². The smallest absolute Gasteiger partial charge is 0.387 e. The molecule has 0 spiro atoms. The Balaban J connectivity index is 2.73. The Hall–Kier alpha value is -1.91. The van der Waals surface area contributed by atoms with E-state index in [4.69, 9.17) is 0 Å². The zero-order valence-corrected chi connectivity index (χ0v) is 10.2. The van der Waals surface area contributed by atoms with Gasteiger partial charge in [0.05, 0.1) is 6.04 Å². The van der Waals surface area contributed by atoms with Crippen LogP contribution in [0.1, 0.15) is 25.5 Å². The van der Waals surface area contributed by atoms with Crippen LogP contribution < -0.4 is 10.1 Å². The molecule has 1 amide bonds. The molecule has 1 unspecified atom stereocenters. The van der Waals surface area contributed by atoms with Crippen molar-refractivity contribution in [3.05, 3.63) is 42.0 Å². The van der Waals surface area contributed by atoms with Gasteiger partial charge >= 0.3 is 6.61 Å². The Morgan fingerprint density at radius 1 is 1.44 bits per heavy atom. The van der Waals surface area contributed by atoms with Crippen molar-refractivity contribution in [3.63, 3.8) is 0 Å². The maximum absolute atomic E-state index is 12.1. The maximum atomic E-state index is 12.1. The van der Waals surface area contributed by atoms with Crippen LogP contribution in [-0.4, -0.2) is 12.5 Å². The number of rotatable bonds is 5. The lowest BCUT2D eigenvalue weighted by molar-refractivity contribution is -0.117. The fourth-order valence-corrected chi connectivity index (χ4v) is 1.46. The minimum absolute atomic E-state index is 0.0784. The molecule has 0 fully saturated rings. The Morgan fingerprint density at radius 2 is 2.17 bits per heavy atom. The third-order valence-electron chi connectivity index (χ3n) is 2.26. The first-order valence-corrected chi connectivity index (χ1v) is 5.51. The predicted molar refractivity (Wildman–Crippen MR) is 64.4 cm³/mol. The molecule has 0 aliphatic rings. The summed E-state index contributed by atoms with van der Waals surface area (Å²) in [5.74, 6) is -0.153. The van der Waals surface area contributed by atoms with Crippen molar-refractivity contribution in [2.45, 2.75) is 26.5 Å². The van der Waals surface area contributed by atoms with Crippen LogP contribution in [0.4, 0.5) is 8.78 Å². The number of carbonyl (C=O) groups excluding carboxylic acids is 1. The normalized spacial score (nSPS) is 12.7. The monoisotopic (exact) mass is 255 g/mol.